The van der Waals surface area contributed by atoms with Gasteiger partial charge in [0.05, 0.1) is 11.4 Å². The lowest BCUT2D eigenvalue weighted by Crippen LogP contribution is -2.26. The highest BCUT2D eigenvalue weighted by Crippen LogP contribution is 2.40. The van der Waals surface area contributed by atoms with Gasteiger partial charge in [-0.05, 0) is 79.1 Å². The van der Waals surface area contributed by atoms with Gasteiger partial charge in [-0.3, -0.25) is 15.1 Å². The number of nitrogens with one attached hydrogen (secondary N) is 1. The van der Waals surface area contributed by atoms with Crippen molar-refractivity contribution in [1.82, 2.24) is 0 Å². The lowest BCUT2D eigenvalue weighted by molar-refractivity contribution is -0.111. The molecule has 0 aliphatic carbocycles. The van der Waals surface area contributed by atoms with Gasteiger partial charge in [-0.1, -0.05) is 41.9 Å². The zero-order chi connectivity index (χ0) is 27.0. The van der Waals surface area contributed by atoms with Crippen molar-refractivity contribution in [2.45, 2.75) is 13.8 Å². The molecule has 4 aromatic rings. The SMILES string of the molecule is Cc1cc(C)cc(N2C(=O)C(=NNc3cccc(-c4cccc(OC(=O)O)c4)c3O)c3ccc(Cl)cc32)c1. The Balaban J connectivity index is 1.51. The largest absolute Gasteiger partial charge is 0.511 e. The fourth-order valence-corrected chi connectivity index (χ4v) is 4.64. The molecule has 4 aromatic carbocycles. The van der Waals surface area contributed by atoms with Crippen molar-refractivity contribution in [2.75, 3.05) is 10.3 Å². The highest BCUT2D eigenvalue weighted by atomic mass is 35.5. The van der Waals surface area contributed by atoms with E-state index in [1.807, 2.05) is 32.0 Å². The monoisotopic (exact) mass is 527 g/mol. The Labute approximate surface area is 223 Å². The molecule has 0 atom stereocenters. The van der Waals surface area contributed by atoms with Crippen LogP contribution in [0, 0.1) is 13.8 Å². The Morgan fingerprint density at radius 2 is 1.68 bits per heavy atom. The third kappa shape index (κ3) is 4.77. The number of hydrogen-bond donors (Lipinski definition) is 3. The summed E-state index contributed by atoms with van der Waals surface area (Å²) in [6.45, 7) is 3.93. The number of carbonyl (C=O) groups excluding carboxylic acids is 1. The average Bonchev–Trinajstić information content (AvgIpc) is 3.12. The Hall–Kier alpha value is -4.82. The number of halogens is 1. The molecule has 9 heteroatoms. The molecule has 5 rings (SSSR count). The summed E-state index contributed by atoms with van der Waals surface area (Å²) in [6.07, 6.45) is -1.43. The first kappa shape index (κ1) is 24.9. The molecular weight excluding hydrogens is 506 g/mol. The fourth-order valence-electron chi connectivity index (χ4n) is 4.48. The molecule has 3 N–H and O–H groups in total. The van der Waals surface area contributed by atoms with Crippen LogP contribution in [0.3, 0.4) is 0 Å². The van der Waals surface area contributed by atoms with E-state index in [9.17, 15) is 14.7 Å². The first-order valence-corrected chi connectivity index (χ1v) is 12.0. The maximum Gasteiger partial charge on any atom is 0.511 e. The summed E-state index contributed by atoms with van der Waals surface area (Å²) in [5.41, 5.74) is 8.15. The van der Waals surface area contributed by atoms with Gasteiger partial charge < -0.3 is 14.9 Å². The number of para-hydroxylation sites is 1. The van der Waals surface area contributed by atoms with Crippen LogP contribution >= 0.6 is 11.6 Å². The third-order valence-corrected chi connectivity index (χ3v) is 6.24. The number of hydrazone groups is 1. The number of anilines is 3. The number of carboxylic acid groups (broad SMARTS) is 1. The highest BCUT2D eigenvalue weighted by Gasteiger charge is 2.35. The molecule has 0 fully saturated rings. The van der Waals surface area contributed by atoms with E-state index in [0.717, 1.165) is 11.1 Å². The summed E-state index contributed by atoms with van der Waals surface area (Å²) in [4.78, 5) is 26.1. The lowest BCUT2D eigenvalue weighted by atomic mass is 10.0. The Morgan fingerprint density at radius 3 is 2.42 bits per heavy atom. The molecular formula is C29H22ClN3O5. The van der Waals surface area contributed by atoms with Crippen molar-refractivity contribution in [3.05, 3.63) is 101 Å². The second-order valence-corrected chi connectivity index (χ2v) is 9.25. The van der Waals surface area contributed by atoms with Gasteiger partial charge in [0.1, 0.15) is 11.5 Å². The van der Waals surface area contributed by atoms with Gasteiger partial charge in [-0.15, -0.1) is 0 Å². The first-order valence-electron chi connectivity index (χ1n) is 11.6. The van der Waals surface area contributed by atoms with Crippen LogP contribution in [0.1, 0.15) is 16.7 Å². The number of phenolic OH excluding ortho intramolecular Hbond substituents is 1. The van der Waals surface area contributed by atoms with Crippen molar-refractivity contribution in [1.29, 1.82) is 0 Å². The summed E-state index contributed by atoms with van der Waals surface area (Å²) in [5.74, 6) is -0.350. The van der Waals surface area contributed by atoms with Crippen molar-refractivity contribution < 1.29 is 24.5 Å². The smallest absolute Gasteiger partial charge is 0.505 e. The molecule has 38 heavy (non-hydrogen) atoms. The Kier molecular flexibility index (Phi) is 6.48. The predicted molar refractivity (Wildman–Crippen MR) is 147 cm³/mol. The Morgan fingerprint density at radius 1 is 0.947 bits per heavy atom. The van der Waals surface area contributed by atoms with Crippen molar-refractivity contribution in [2.24, 2.45) is 5.10 Å². The number of ether oxygens (including phenoxy) is 1. The second-order valence-electron chi connectivity index (χ2n) is 8.82. The summed E-state index contributed by atoms with van der Waals surface area (Å²) in [7, 11) is 0. The molecule has 0 unspecified atom stereocenters. The summed E-state index contributed by atoms with van der Waals surface area (Å²) < 4.78 is 4.72. The molecule has 1 amide bonds. The van der Waals surface area contributed by atoms with E-state index < -0.39 is 6.16 Å². The summed E-state index contributed by atoms with van der Waals surface area (Å²) >= 11 is 6.27. The van der Waals surface area contributed by atoms with E-state index in [0.29, 0.717) is 33.1 Å². The molecule has 0 aromatic heterocycles. The van der Waals surface area contributed by atoms with Crippen LogP contribution in [0.4, 0.5) is 21.9 Å². The summed E-state index contributed by atoms with van der Waals surface area (Å²) in [5, 5.41) is 24.7. The highest BCUT2D eigenvalue weighted by molar-refractivity contribution is 6.56. The number of aromatic hydroxyl groups is 1. The van der Waals surface area contributed by atoms with Crippen LogP contribution in [0.25, 0.3) is 11.1 Å². The molecule has 1 aliphatic heterocycles. The first-order chi connectivity index (χ1) is 18.2. The molecule has 0 saturated heterocycles. The topological polar surface area (TPSA) is 111 Å². The van der Waals surface area contributed by atoms with Gasteiger partial charge in [-0.2, -0.15) is 5.10 Å². The molecule has 0 spiro atoms. The van der Waals surface area contributed by atoms with E-state index in [2.05, 4.69) is 10.5 Å². The minimum Gasteiger partial charge on any atom is -0.505 e. The molecule has 8 nitrogen and oxygen atoms in total. The quantitative estimate of drug-likeness (QED) is 0.113. The lowest BCUT2D eigenvalue weighted by Gasteiger charge is -2.18. The molecule has 0 saturated carbocycles. The van der Waals surface area contributed by atoms with E-state index >= 15 is 0 Å². The van der Waals surface area contributed by atoms with Gasteiger partial charge in [0.15, 0.2) is 5.71 Å². The predicted octanol–water partition coefficient (Wildman–Crippen LogP) is 6.88. The standard InChI is InChI=1S/C29H22ClN3O5/c1-16-11-17(2)13-20(12-16)33-25-15-19(30)9-10-23(25)26(28(33)35)32-31-24-8-4-7-22(27(24)34)18-5-3-6-21(14-18)38-29(36)37/h3-15,31,34H,1-2H3,(H,36,37). The Bertz CT molecular complexity index is 1610. The number of hydrogen-bond acceptors (Lipinski definition) is 6. The average molecular weight is 528 g/mol. The third-order valence-electron chi connectivity index (χ3n) is 6.00. The van der Waals surface area contributed by atoms with Crippen molar-refractivity contribution >= 4 is 46.4 Å². The maximum absolute atomic E-state index is 13.6. The van der Waals surface area contributed by atoms with Crippen LogP contribution in [-0.2, 0) is 4.79 Å². The number of nitrogens with zero attached hydrogens (tertiary/aromatic N) is 2. The van der Waals surface area contributed by atoms with Gasteiger partial charge in [0.2, 0.25) is 0 Å². The van der Waals surface area contributed by atoms with Crippen molar-refractivity contribution in [3.8, 4) is 22.6 Å². The number of benzene rings is 4. The maximum atomic E-state index is 13.6. The van der Waals surface area contributed by atoms with E-state index in [-0.39, 0.29) is 28.8 Å². The normalized spacial score (nSPS) is 13.5. The van der Waals surface area contributed by atoms with Crippen molar-refractivity contribution in [3.63, 3.8) is 0 Å². The molecule has 1 aliphatic rings. The number of aryl methyl sites for hydroxylation is 2. The number of phenols is 1. The minimum atomic E-state index is -1.43. The van der Waals surface area contributed by atoms with Gasteiger partial charge in [0, 0.05) is 21.8 Å². The van der Waals surface area contributed by atoms with Gasteiger partial charge >= 0.3 is 6.16 Å². The van der Waals surface area contributed by atoms with Gasteiger partial charge in [0.25, 0.3) is 5.91 Å². The van der Waals surface area contributed by atoms with Gasteiger partial charge in [-0.25, -0.2) is 4.79 Å². The zero-order valence-electron chi connectivity index (χ0n) is 20.4. The number of amides is 1. The summed E-state index contributed by atoms with van der Waals surface area (Å²) in [6, 6.07) is 22.3. The van der Waals surface area contributed by atoms with E-state index in [4.69, 9.17) is 21.4 Å². The number of rotatable bonds is 5. The molecule has 0 radical (unpaired) electrons. The van der Waals surface area contributed by atoms with Crippen LogP contribution in [0.15, 0.2) is 84.0 Å². The van der Waals surface area contributed by atoms with Crippen LogP contribution in [-0.4, -0.2) is 28.0 Å². The van der Waals surface area contributed by atoms with Crippen LogP contribution in [0.2, 0.25) is 5.02 Å². The molecule has 1 heterocycles. The molecule has 0 bridgehead atoms. The van der Waals surface area contributed by atoms with E-state index in [1.165, 1.54) is 12.1 Å². The molecule has 190 valence electrons. The van der Waals surface area contributed by atoms with Crippen LogP contribution < -0.4 is 15.1 Å². The zero-order valence-corrected chi connectivity index (χ0v) is 21.2. The van der Waals surface area contributed by atoms with E-state index in [1.54, 1.807) is 53.4 Å². The number of carbonyl (C=O) groups is 2. The minimum absolute atomic E-state index is 0.117. The number of fused-ring (bicyclic) bond motifs is 1. The van der Waals surface area contributed by atoms with Crippen LogP contribution in [0.5, 0.6) is 11.5 Å². The second kappa shape index (κ2) is 9.91. The fraction of sp³-hybridized carbons (Fsp3) is 0.0690.